The lowest BCUT2D eigenvalue weighted by Crippen LogP contribution is -1.99. The SMILES string of the molecule is Cc1nnc(NCc2nc(C)c(C)o2)s1. The molecule has 0 amide bonds. The van der Waals surface area contributed by atoms with Crippen LogP contribution in [0.4, 0.5) is 5.13 Å². The lowest BCUT2D eigenvalue weighted by molar-refractivity contribution is 0.478. The van der Waals surface area contributed by atoms with E-state index in [9.17, 15) is 0 Å². The zero-order valence-electron chi connectivity index (χ0n) is 8.87. The number of rotatable bonds is 3. The lowest BCUT2D eigenvalue weighted by Gasteiger charge is -1.95. The van der Waals surface area contributed by atoms with Crippen LogP contribution in [0.3, 0.4) is 0 Å². The monoisotopic (exact) mass is 224 g/mol. The first-order valence-corrected chi connectivity index (χ1v) is 5.43. The van der Waals surface area contributed by atoms with E-state index in [0.29, 0.717) is 12.4 Å². The van der Waals surface area contributed by atoms with E-state index in [1.807, 2.05) is 20.8 Å². The highest BCUT2D eigenvalue weighted by Gasteiger charge is 2.06. The first-order chi connectivity index (χ1) is 7.15. The zero-order valence-corrected chi connectivity index (χ0v) is 9.68. The van der Waals surface area contributed by atoms with Gasteiger partial charge in [-0.3, -0.25) is 0 Å². The van der Waals surface area contributed by atoms with Crippen LogP contribution in [0.1, 0.15) is 22.4 Å². The summed E-state index contributed by atoms with van der Waals surface area (Å²) in [7, 11) is 0. The van der Waals surface area contributed by atoms with E-state index < -0.39 is 0 Å². The number of aromatic nitrogens is 3. The minimum absolute atomic E-state index is 0.545. The molecule has 0 unspecified atom stereocenters. The standard InChI is InChI=1S/C9H12N4OS/c1-5-6(2)14-8(11-5)4-10-9-13-12-7(3)15-9/h4H2,1-3H3,(H,10,13). The molecule has 0 aliphatic carbocycles. The van der Waals surface area contributed by atoms with Gasteiger partial charge < -0.3 is 9.73 Å². The summed E-state index contributed by atoms with van der Waals surface area (Å²) in [5.41, 5.74) is 0.931. The van der Waals surface area contributed by atoms with Crippen molar-refractivity contribution in [2.24, 2.45) is 0 Å². The molecule has 80 valence electrons. The van der Waals surface area contributed by atoms with Crippen molar-refractivity contribution in [1.82, 2.24) is 15.2 Å². The first kappa shape index (κ1) is 10.1. The molecule has 1 N–H and O–H groups in total. The molecule has 0 saturated carbocycles. The highest BCUT2D eigenvalue weighted by atomic mass is 32.1. The number of oxazole rings is 1. The Kier molecular flexibility index (Phi) is 2.68. The fraction of sp³-hybridized carbons (Fsp3) is 0.444. The average Bonchev–Trinajstić information content (AvgIpc) is 2.72. The summed E-state index contributed by atoms with van der Waals surface area (Å²) in [6, 6.07) is 0. The van der Waals surface area contributed by atoms with E-state index >= 15 is 0 Å². The second-order valence-corrected chi connectivity index (χ2v) is 4.41. The molecule has 15 heavy (non-hydrogen) atoms. The van der Waals surface area contributed by atoms with Gasteiger partial charge in [0.2, 0.25) is 11.0 Å². The van der Waals surface area contributed by atoms with Gasteiger partial charge in [0, 0.05) is 0 Å². The molecular weight excluding hydrogens is 212 g/mol. The summed E-state index contributed by atoms with van der Waals surface area (Å²) in [5.74, 6) is 1.54. The molecule has 0 aliphatic heterocycles. The van der Waals surface area contributed by atoms with Crippen LogP contribution >= 0.6 is 11.3 Å². The average molecular weight is 224 g/mol. The third kappa shape index (κ3) is 2.33. The summed E-state index contributed by atoms with van der Waals surface area (Å²) in [6.45, 7) is 6.30. The molecule has 0 saturated heterocycles. The van der Waals surface area contributed by atoms with Crippen LogP contribution < -0.4 is 5.32 Å². The lowest BCUT2D eigenvalue weighted by atomic mass is 10.4. The van der Waals surface area contributed by atoms with Gasteiger partial charge >= 0.3 is 0 Å². The van der Waals surface area contributed by atoms with Gasteiger partial charge in [-0.2, -0.15) is 0 Å². The Bertz CT molecular complexity index is 443. The van der Waals surface area contributed by atoms with Crippen molar-refractivity contribution in [3.8, 4) is 0 Å². The third-order valence-corrected chi connectivity index (χ3v) is 2.79. The Morgan fingerprint density at radius 2 is 2.07 bits per heavy atom. The number of anilines is 1. The molecule has 2 aromatic rings. The van der Waals surface area contributed by atoms with Crippen molar-refractivity contribution in [1.29, 1.82) is 0 Å². The van der Waals surface area contributed by atoms with Gasteiger partial charge in [-0.15, -0.1) is 10.2 Å². The molecule has 0 radical (unpaired) electrons. The Balaban J connectivity index is 1.99. The number of nitrogens with zero attached hydrogens (tertiary/aromatic N) is 3. The molecule has 5 nitrogen and oxygen atoms in total. The van der Waals surface area contributed by atoms with Crippen molar-refractivity contribution in [2.45, 2.75) is 27.3 Å². The summed E-state index contributed by atoms with van der Waals surface area (Å²) >= 11 is 1.52. The molecule has 6 heteroatoms. The Labute approximate surface area is 91.6 Å². The summed E-state index contributed by atoms with van der Waals surface area (Å²) in [5, 5.41) is 12.7. The molecule has 0 aromatic carbocycles. The van der Waals surface area contributed by atoms with E-state index in [-0.39, 0.29) is 0 Å². The van der Waals surface area contributed by atoms with E-state index in [1.54, 1.807) is 0 Å². The molecule has 2 rings (SSSR count). The molecule has 0 atom stereocenters. The quantitative estimate of drug-likeness (QED) is 0.864. The van der Waals surface area contributed by atoms with Crippen LogP contribution in [-0.4, -0.2) is 15.2 Å². The van der Waals surface area contributed by atoms with Crippen LogP contribution in [0, 0.1) is 20.8 Å². The first-order valence-electron chi connectivity index (χ1n) is 4.62. The second-order valence-electron chi connectivity index (χ2n) is 3.23. The largest absolute Gasteiger partial charge is 0.444 e. The maximum absolute atomic E-state index is 5.43. The predicted molar refractivity (Wildman–Crippen MR) is 57.9 cm³/mol. The van der Waals surface area contributed by atoms with E-state index in [0.717, 1.165) is 21.6 Å². The van der Waals surface area contributed by atoms with Gasteiger partial charge in [-0.25, -0.2) is 4.98 Å². The summed E-state index contributed by atoms with van der Waals surface area (Å²) in [4.78, 5) is 4.26. The molecule has 0 spiro atoms. The fourth-order valence-corrected chi connectivity index (χ4v) is 1.72. The summed E-state index contributed by atoms with van der Waals surface area (Å²) < 4.78 is 5.43. The van der Waals surface area contributed by atoms with E-state index in [2.05, 4.69) is 20.5 Å². The highest BCUT2D eigenvalue weighted by Crippen LogP contribution is 2.15. The minimum atomic E-state index is 0.545. The smallest absolute Gasteiger partial charge is 0.214 e. The zero-order chi connectivity index (χ0) is 10.8. The molecule has 2 heterocycles. The third-order valence-electron chi connectivity index (χ3n) is 1.99. The normalized spacial score (nSPS) is 10.6. The number of aryl methyl sites for hydroxylation is 3. The molecule has 0 fully saturated rings. The predicted octanol–water partition coefficient (Wildman–Crippen LogP) is 2.06. The van der Waals surface area contributed by atoms with Crippen LogP contribution in [0.25, 0.3) is 0 Å². The van der Waals surface area contributed by atoms with Gasteiger partial charge in [-0.1, -0.05) is 11.3 Å². The number of nitrogens with one attached hydrogen (secondary N) is 1. The topological polar surface area (TPSA) is 63.8 Å². The highest BCUT2D eigenvalue weighted by molar-refractivity contribution is 7.15. The maximum atomic E-state index is 5.43. The van der Waals surface area contributed by atoms with Crippen molar-refractivity contribution < 1.29 is 4.42 Å². The maximum Gasteiger partial charge on any atom is 0.214 e. The summed E-state index contributed by atoms with van der Waals surface area (Å²) in [6.07, 6.45) is 0. The van der Waals surface area contributed by atoms with Gasteiger partial charge in [-0.05, 0) is 20.8 Å². The Morgan fingerprint density at radius 1 is 1.27 bits per heavy atom. The van der Waals surface area contributed by atoms with Crippen LogP contribution in [0.2, 0.25) is 0 Å². The van der Waals surface area contributed by atoms with Crippen molar-refractivity contribution in [3.05, 3.63) is 22.4 Å². The van der Waals surface area contributed by atoms with Crippen molar-refractivity contribution in [3.63, 3.8) is 0 Å². The molecular formula is C9H12N4OS. The van der Waals surface area contributed by atoms with Crippen LogP contribution in [0.5, 0.6) is 0 Å². The van der Waals surface area contributed by atoms with Crippen molar-refractivity contribution in [2.75, 3.05) is 5.32 Å². The Hall–Kier alpha value is -1.43. The molecule has 0 aliphatic rings. The van der Waals surface area contributed by atoms with E-state index in [4.69, 9.17) is 4.42 Å². The molecule has 0 bridgehead atoms. The molecule has 2 aromatic heterocycles. The van der Waals surface area contributed by atoms with Gasteiger partial charge in [0.15, 0.2) is 0 Å². The Morgan fingerprint density at radius 3 is 2.60 bits per heavy atom. The number of hydrogen-bond acceptors (Lipinski definition) is 6. The van der Waals surface area contributed by atoms with Gasteiger partial charge in [0.25, 0.3) is 0 Å². The van der Waals surface area contributed by atoms with Gasteiger partial charge in [0.05, 0.1) is 12.2 Å². The van der Waals surface area contributed by atoms with Crippen LogP contribution in [0.15, 0.2) is 4.42 Å². The van der Waals surface area contributed by atoms with Gasteiger partial charge in [0.1, 0.15) is 10.8 Å². The van der Waals surface area contributed by atoms with E-state index in [1.165, 1.54) is 11.3 Å². The minimum Gasteiger partial charge on any atom is -0.444 e. The van der Waals surface area contributed by atoms with Crippen molar-refractivity contribution >= 4 is 16.5 Å². The fourth-order valence-electron chi connectivity index (χ4n) is 1.13. The van der Waals surface area contributed by atoms with Crippen LogP contribution in [-0.2, 0) is 6.54 Å². The second kappa shape index (κ2) is 3.98. The number of hydrogen-bond donors (Lipinski definition) is 1.